The van der Waals surface area contributed by atoms with E-state index in [4.69, 9.17) is 19.8 Å². The van der Waals surface area contributed by atoms with Gasteiger partial charge in [-0.1, -0.05) is 0 Å². The molecule has 0 saturated carbocycles. The first-order valence-electron chi connectivity index (χ1n) is 1.86. The van der Waals surface area contributed by atoms with Crippen LogP contribution in [0.4, 0.5) is 0 Å². The van der Waals surface area contributed by atoms with Crippen LogP contribution in [-0.2, 0) is 27.0 Å². The molecule has 0 amide bonds. The van der Waals surface area contributed by atoms with E-state index in [-0.39, 0.29) is 28.3 Å². The van der Waals surface area contributed by atoms with Gasteiger partial charge in [0.15, 0.2) is 0 Å². The second-order valence-corrected chi connectivity index (χ2v) is 1.04. The van der Waals surface area contributed by atoms with Crippen LogP contribution in [0, 0.1) is 0 Å². The van der Waals surface area contributed by atoms with Gasteiger partial charge in [-0.3, -0.25) is 9.59 Å². The van der Waals surface area contributed by atoms with Crippen LogP contribution in [0.25, 0.3) is 0 Å². The van der Waals surface area contributed by atoms with Crippen molar-refractivity contribution in [2.24, 2.45) is 0 Å². The number of rotatable bonds is 0. The van der Waals surface area contributed by atoms with Crippen molar-refractivity contribution in [3.8, 4) is 0 Å². The van der Waals surface area contributed by atoms with Crippen LogP contribution in [0.15, 0.2) is 0 Å². The minimum absolute atomic E-state index is 0. The zero-order chi connectivity index (χ0) is 7.15. The molecule has 0 saturated heterocycles. The van der Waals surface area contributed by atoms with E-state index in [1.807, 2.05) is 0 Å². The number of carboxylic acid groups (broad SMARTS) is 2. The molecule has 6 N–H and O–H groups in total. The number of carboxylic acids is 2. The first-order valence-corrected chi connectivity index (χ1v) is 1.86. The Bertz CT molecular complexity index is 72.6. The molecule has 0 spiro atoms. The van der Waals surface area contributed by atoms with Gasteiger partial charge in [0.25, 0.3) is 11.9 Å². The van der Waals surface area contributed by atoms with Crippen molar-refractivity contribution in [1.29, 1.82) is 0 Å². The van der Waals surface area contributed by atoms with Gasteiger partial charge in [0.2, 0.25) is 0 Å². The molecule has 0 bridgehead atoms. The van der Waals surface area contributed by atoms with E-state index in [0.717, 1.165) is 13.8 Å². The van der Waals surface area contributed by atoms with E-state index in [1.165, 1.54) is 0 Å². The number of hydrogen-bond donors (Lipinski definition) is 2. The van der Waals surface area contributed by atoms with Gasteiger partial charge in [-0.2, -0.15) is 0 Å². The van der Waals surface area contributed by atoms with Gasteiger partial charge in [0, 0.05) is 31.2 Å². The Morgan fingerprint density at radius 1 is 0.909 bits per heavy atom. The Morgan fingerprint density at radius 3 is 0.909 bits per heavy atom. The average Bonchev–Trinajstić information content (AvgIpc) is 1.25. The van der Waals surface area contributed by atoms with Crippen LogP contribution < -0.4 is 0 Å². The van der Waals surface area contributed by atoms with Crippen molar-refractivity contribution < 1.29 is 48.1 Å². The van der Waals surface area contributed by atoms with Crippen molar-refractivity contribution in [3.63, 3.8) is 0 Å². The fraction of sp³-hybridized carbons (Fsp3) is 0.500. The molecule has 0 atom stereocenters. The van der Waals surface area contributed by atoms with Gasteiger partial charge >= 0.3 is 0 Å². The molecule has 6 nitrogen and oxygen atoms in total. The predicted octanol–water partition coefficient (Wildman–Crippen LogP) is -1.47. The fourth-order valence-corrected chi connectivity index (χ4v) is 0. The molecule has 0 aromatic rings. The van der Waals surface area contributed by atoms with Crippen LogP contribution in [0.5, 0.6) is 0 Å². The normalized spacial score (nSPS) is 4.55. The molecule has 0 aliphatic heterocycles. The molecule has 70 valence electrons. The van der Waals surface area contributed by atoms with Crippen LogP contribution in [-0.4, -0.2) is 33.1 Å². The summed E-state index contributed by atoms with van der Waals surface area (Å²) in [6.45, 7) is 2.17. The second kappa shape index (κ2) is 22.8. The summed E-state index contributed by atoms with van der Waals surface area (Å²) in [7, 11) is 0. The molecule has 0 aliphatic rings. The van der Waals surface area contributed by atoms with Gasteiger partial charge in [-0.25, -0.2) is 0 Å². The summed E-state index contributed by atoms with van der Waals surface area (Å²) in [5.74, 6) is -1.67. The van der Waals surface area contributed by atoms with Gasteiger partial charge in [-0.05, 0) is 0 Å². The Kier molecular flexibility index (Phi) is 65.2. The van der Waals surface area contributed by atoms with Crippen LogP contribution in [0.1, 0.15) is 13.8 Å². The zero-order valence-corrected chi connectivity index (χ0v) is 7.39. The molecule has 7 heteroatoms. The molecule has 0 heterocycles. The number of aliphatic carboxylic acids is 2. The summed E-state index contributed by atoms with van der Waals surface area (Å²) >= 11 is 0. The smallest absolute Gasteiger partial charge is 0.300 e. The third kappa shape index (κ3) is 1390. The molecule has 0 aromatic carbocycles. The first-order chi connectivity index (χ1) is 3.46. The summed E-state index contributed by atoms with van der Waals surface area (Å²) < 4.78 is 0. The van der Waals surface area contributed by atoms with Crippen LogP contribution in [0.3, 0.4) is 0 Å². The van der Waals surface area contributed by atoms with Crippen molar-refractivity contribution in [1.82, 2.24) is 0 Å². The molecular formula is C4H12CrO6. The Hall–Kier alpha value is -0.608. The number of hydrogen-bond acceptors (Lipinski definition) is 2. The Morgan fingerprint density at radius 2 is 0.909 bits per heavy atom. The summed E-state index contributed by atoms with van der Waals surface area (Å²) in [6, 6.07) is 0. The quantitative estimate of drug-likeness (QED) is 0.501. The first kappa shape index (κ1) is 31.5. The largest absolute Gasteiger partial charge is 0.481 e. The van der Waals surface area contributed by atoms with Crippen molar-refractivity contribution >= 4 is 11.9 Å². The monoisotopic (exact) mass is 208 g/mol. The molecule has 11 heavy (non-hydrogen) atoms. The Labute approximate surface area is 74.6 Å². The van der Waals surface area contributed by atoms with E-state index in [1.54, 1.807) is 0 Å². The average molecular weight is 208 g/mol. The topological polar surface area (TPSA) is 138 Å². The second-order valence-electron chi connectivity index (χ2n) is 1.04. The Balaban J connectivity index is -0.0000000171. The summed E-state index contributed by atoms with van der Waals surface area (Å²) in [6.07, 6.45) is 0. The molecule has 0 fully saturated rings. The van der Waals surface area contributed by atoms with Crippen molar-refractivity contribution in [2.45, 2.75) is 13.8 Å². The van der Waals surface area contributed by atoms with E-state index in [0.29, 0.717) is 0 Å². The standard InChI is InChI=1S/2C2H4O2.Cr.2H2O/c2*1-2(3)4;;;/h2*1H3,(H,3,4);;2*1H2. The van der Waals surface area contributed by atoms with Gasteiger partial charge in [0.05, 0.1) is 0 Å². The molecule has 0 radical (unpaired) electrons. The van der Waals surface area contributed by atoms with Crippen molar-refractivity contribution in [3.05, 3.63) is 0 Å². The van der Waals surface area contributed by atoms with E-state index < -0.39 is 11.9 Å². The third-order valence-electron chi connectivity index (χ3n) is 0. The van der Waals surface area contributed by atoms with Crippen LogP contribution >= 0.6 is 0 Å². The molecule has 0 rings (SSSR count). The van der Waals surface area contributed by atoms with Crippen LogP contribution in [0.2, 0.25) is 0 Å². The summed E-state index contributed by atoms with van der Waals surface area (Å²) in [5.41, 5.74) is 0. The minimum atomic E-state index is -0.833. The summed E-state index contributed by atoms with van der Waals surface area (Å²) in [4.78, 5) is 18.0. The van der Waals surface area contributed by atoms with E-state index in [2.05, 4.69) is 0 Å². The minimum Gasteiger partial charge on any atom is -0.481 e. The maximum absolute atomic E-state index is 9.00. The van der Waals surface area contributed by atoms with E-state index >= 15 is 0 Å². The predicted molar refractivity (Wildman–Crippen MR) is 33.8 cm³/mol. The zero-order valence-electron chi connectivity index (χ0n) is 6.12. The number of carbonyl (C=O) groups is 2. The summed E-state index contributed by atoms with van der Waals surface area (Å²) in [5, 5.41) is 14.8. The van der Waals surface area contributed by atoms with Gasteiger partial charge < -0.3 is 21.2 Å². The molecule has 0 aliphatic carbocycles. The van der Waals surface area contributed by atoms with E-state index in [9.17, 15) is 0 Å². The SMILES string of the molecule is CC(=O)O.CC(=O)O.O.O.[Cr]. The molecule has 0 aromatic heterocycles. The van der Waals surface area contributed by atoms with Crippen molar-refractivity contribution in [2.75, 3.05) is 0 Å². The maximum Gasteiger partial charge on any atom is 0.300 e. The molecule has 0 unspecified atom stereocenters. The van der Waals surface area contributed by atoms with Gasteiger partial charge in [0.1, 0.15) is 0 Å². The maximum atomic E-state index is 9.00. The molecular weight excluding hydrogens is 196 g/mol. The fourth-order valence-electron chi connectivity index (χ4n) is 0. The van der Waals surface area contributed by atoms with Gasteiger partial charge in [-0.15, -0.1) is 0 Å². The third-order valence-corrected chi connectivity index (χ3v) is 0.